The third kappa shape index (κ3) is 4.63. The van der Waals surface area contributed by atoms with E-state index in [0.29, 0.717) is 22.5 Å². The van der Waals surface area contributed by atoms with E-state index in [1.807, 2.05) is 41.9 Å². The smallest absolute Gasteiger partial charge is 0.337 e. The lowest BCUT2D eigenvalue weighted by atomic mass is 10.2. The van der Waals surface area contributed by atoms with Crippen molar-refractivity contribution in [2.75, 3.05) is 20.0 Å². The van der Waals surface area contributed by atoms with Gasteiger partial charge in [0.15, 0.2) is 4.80 Å². The second-order valence-corrected chi connectivity index (χ2v) is 8.07. The number of aryl methyl sites for hydroxylation is 1. The normalized spacial score (nSPS) is 11.6. The zero-order chi connectivity index (χ0) is 20.1. The Morgan fingerprint density at radius 1 is 1.14 bits per heavy atom. The fraction of sp³-hybridized carbons (Fsp3) is 0.250. The van der Waals surface area contributed by atoms with Gasteiger partial charge in [0, 0.05) is 24.1 Å². The molecule has 1 amide bonds. The highest BCUT2D eigenvalue weighted by Crippen LogP contribution is 2.22. The first-order valence-corrected chi connectivity index (χ1v) is 10.3. The first kappa shape index (κ1) is 20.2. The number of nitrogens with zero attached hydrogens (tertiary/aromatic N) is 2. The second-order valence-electron chi connectivity index (χ2n) is 5.90. The maximum Gasteiger partial charge on any atom is 0.337 e. The van der Waals surface area contributed by atoms with E-state index in [1.54, 1.807) is 31.0 Å². The summed E-state index contributed by atoms with van der Waals surface area (Å²) in [5.41, 5.74) is 1.39. The van der Waals surface area contributed by atoms with Gasteiger partial charge in [-0.3, -0.25) is 4.79 Å². The molecule has 0 unspecified atom stereocenters. The Morgan fingerprint density at radius 3 is 2.57 bits per heavy atom. The fourth-order valence-electron chi connectivity index (χ4n) is 2.58. The summed E-state index contributed by atoms with van der Waals surface area (Å²) >= 11 is 2.98. The van der Waals surface area contributed by atoms with Crippen LogP contribution in [0.2, 0.25) is 0 Å². The molecule has 0 atom stereocenters. The minimum atomic E-state index is -0.386. The van der Waals surface area contributed by atoms with Crippen molar-refractivity contribution in [2.45, 2.75) is 11.3 Å². The molecule has 1 aromatic heterocycles. The molecule has 0 saturated carbocycles. The molecule has 1 heterocycles. The van der Waals surface area contributed by atoms with Crippen molar-refractivity contribution in [3.8, 4) is 5.75 Å². The maximum absolute atomic E-state index is 12.3. The van der Waals surface area contributed by atoms with E-state index < -0.39 is 0 Å². The van der Waals surface area contributed by atoms with Crippen LogP contribution in [0.15, 0.2) is 52.4 Å². The van der Waals surface area contributed by atoms with E-state index in [-0.39, 0.29) is 11.9 Å². The number of ether oxygens (including phenoxy) is 2. The highest BCUT2D eigenvalue weighted by molar-refractivity contribution is 7.99. The topological polar surface area (TPSA) is 69.9 Å². The predicted octanol–water partition coefficient (Wildman–Crippen LogP) is 3.64. The zero-order valence-electron chi connectivity index (χ0n) is 15.8. The molecule has 28 heavy (non-hydrogen) atoms. The van der Waals surface area contributed by atoms with Gasteiger partial charge in [0.05, 0.1) is 30.0 Å². The van der Waals surface area contributed by atoms with Crippen LogP contribution in [-0.2, 0) is 16.6 Å². The Bertz CT molecular complexity index is 1070. The molecule has 0 aliphatic heterocycles. The van der Waals surface area contributed by atoms with Crippen molar-refractivity contribution in [3.05, 3.63) is 52.8 Å². The van der Waals surface area contributed by atoms with Crippen LogP contribution in [0.5, 0.6) is 5.75 Å². The number of carbonyl (C=O) groups is 2. The van der Waals surface area contributed by atoms with Gasteiger partial charge >= 0.3 is 5.97 Å². The molecular formula is C20H20N2O4S2. The summed E-state index contributed by atoms with van der Waals surface area (Å²) in [5, 5.41) is 0. The van der Waals surface area contributed by atoms with Gasteiger partial charge in [0.1, 0.15) is 5.75 Å². The Labute approximate surface area is 170 Å². The van der Waals surface area contributed by atoms with Gasteiger partial charge in [-0.25, -0.2) is 4.79 Å². The molecule has 0 N–H and O–H groups in total. The summed E-state index contributed by atoms with van der Waals surface area (Å²) in [7, 11) is 4.84. The lowest BCUT2D eigenvalue weighted by molar-refractivity contribution is -0.117. The van der Waals surface area contributed by atoms with Crippen molar-refractivity contribution < 1.29 is 19.1 Å². The Hall–Kier alpha value is -2.58. The van der Waals surface area contributed by atoms with Crippen LogP contribution in [0.1, 0.15) is 16.8 Å². The van der Waals surface area contributed by atoms with E-state index in [0.717, 1.165) is 20.9 Å². The first-order chi connectivity index (χ1) is 13.5. The van der Waals surface area contributed by atoms with Crippen LogP contribution in [0.25, 0.3) is 10.2 Å². The van der Waals surface area contributed by atoms with Gasteiger partial charge in [-0.05, 0) is 42.5 Å². The largest absolute Gasteiger partial charge is 0.497 e. The SMILES string of the molecule is COC(=O)c1ccc2c(c1)sc(=NC(=O)CCSc1ccc(OC)cc1)n2C. The van der Waals surface area contributed by atoms with E-state index in [4.69, 9.17) is 9.47 Å². The Kier molecular flexibility index (Phi) is 6.53. The minimum absolute atomic E-state index is 0.170. The van der Waals surface area contributed by atoms with E-state index in [1.165, 1.54) is 18.4 Å². The number of benzene rings is 2. The molecule has 3 rings (SSSR count). The molecule has 3 aromatic rings. The highest BCUT2D eigenvalue weighted by atomic mass is 32.2. The van der Waals surface area contributed by atoms with Crippen LogP contribution >= 0.6 is 23.1 Å². The molecule has 0 saturated heterocycles. The molecule has 0 aliphatic rings. The number of rotatable bonds is 6. The molecule has 0 fully saturated rings. The van der Waals surface area contributed by atoms with Crippen LogP contribution in [-0.4, -0.2) is 36.4 Å². The van der Waals surface area contributed by atoms with Gasteiger partial charge in [0.25, 0.3) is 0 Å². The molecular weight excluding hydrogens is 396 g/mol. The maximum atomic E-state index is 12.3. The van der Waals surface area contributed by atoms with Crippen molar-refractivity contribution in [1.82, 2.24) is 4.57 Å². The highest BCUT2D eigenvalue weighted by Gasteiger charge is 2.10. The number of fused-ring (bicyclic) bond motifs is 1. The van der Waals surface area contributed by atoms with E-state index in [2.05, 4.69) is 4.99 Å². The summed E-state index contributed by atoms with van der Waals surface area (Å²) in [4.78, 5) is 29.9. The molecule has 146 valence electrons. The quantitative estimate of drug-likeness (QED) is 0.453. The number of hydrogen-bond donors (Lipinski definition) is 0. The third-order valence-electron chi connectivity index (χ3n) is 4.09. The number of carbonyl (C=O) groups excluding carboxylic acids is 2. The third-order valence-corrected chi connectivity index (χ3v) is 6.20. The molecule has 6 nitrogen and oxygen atoms in total. The van der Waals surface area contributed by atoms with Gasteiger partial charge in [-0.1, -0.05) is 11.3 Å². The van der Waals surface area contributed by atoms with Crippen molar-refractivity contribution in [3.63, 3.8) is 0 Å². The first-order valence-electron chi connectivity index (χ1n) is 8.54. The van der Waals surface area contributed by atoms with Crippen molar-refractivity contribution >= 4 is 45.2 Å². The standard InChI is InChI=1S/C20H20N2O4S2/c1-22-16-9-4-13(19(24)26-3)12-17(16)28-20(22)21-18(23)10-11-27-15-7-5-14(25-2)6-8-15/h4-9,12H,10-11H2,1-3H3. The average molecular weight is 417 g/mol. The number of thioether (sulfide) groups is 1. The zero-order valence-corrected chi connectivity index (χ0v) is 17.4. The molecule has 8 heteroatoms. The van der Waals surface area contributed by atoms with Crippen molar-refractivity contribution in [1.29, 1.82) is 0 Å². The van der Waals surface area contributed by atoms with Gasteiger partial charge in [0.2, 0.25) is 5.91 Å². The lowest BCUT2D eigenvalue weighted by Gasteiger charge is -2.02. The molecule has 0 spiro atoms. The number of esters is 1. The molecule has 2 aromatic carbocycles. The number of hydrogen-bond acceptors (Lipinski definition) is 6. The predicted molar refractivity (Wildman–Crippen MR) is 111 cm³/mol. The fourth-order valence-corrected chi connectivity index (χ4v) is 4.49. The monoisotopic (exact) mass is 416 g/mol. The summed E-state index contributed by atoms with van der Waals surface area (Å²) in [6.07, 6.45) is 0.346. The van der Waals surface area contributed by atoms with Gasteiger partial charge in [-0.2, -0.15) is 4.99 Å². The van der Waals surface area contributed by atoms with Crippen LogP contribution < -0.4 is 9.54 Å². The summed E-state index contributed by atoms with van der Waals surface area (Å²) in [5.74, 6) is 0.901. The number of amides is 1. The Morgan fingerprint density at radius 2 is 1.89 bits per heavy atom. The summed E-state index contributed by atoms with van der Waals surface area (Å²) in [6, 6.07) is 13.0. The van der Waals surface area contributed by atoms with E-state index in [9.17, 15) is 9.59 Å². The average Bonchev–Trinajstić information content (AvgIpc) is 3.02. The number of aromatic nitrogens is 1. The second kappa shape index (κ2) is 9.07. The minimum Gasteiger partial charge on any atom is -0.497 e. The molecule has 0 radical (unpaired) electrons. The van der Waals surface area contributed by atoms with Gasteiger partial charge < -0.3 is 14.0 Å². The number of methoxy groups -OCH3 is 2. The summed E-state index contributed by atoms with van der Waals surface area (Å²) in [6.45, 7) is 0. The Balaban J connectivity index is 1.69. The van der Waals surface area contributed by atoms with Crippen molar-refractivity contribution in [2.24, 2.45) is 12.0 Å². The summed E-state index contributed by atoms with van der Waals surface area (Å²) < 4.78 is 12.6. The van der Waals surface area contributed by atoms with E-state index >= 15 is 0 Å². The van der Waals surface area contributed by atoms with Crippen LogP contribution in [0.3, 0.4) is 0 Å². The molecule has 0 aliphatic carbocycles. The molecule has 0 bridgehead atoms. The van der Waals surface area contributed by atoms with Crippen LogP contribution in [0, 0.1) is 0 Å². The van der Waals surface area contributed by atoms with Gasteiger partial charge in [-0.15, -0.1) is 11.8 Å². The van der Waals surface area contributed by atoms with Crippen LogP contribution in [0.4, 0.5) is 0 Å². The lowest BCUT2D eigenvalue weighted by Crippen LogP contribution is -2.13. The number of thiazole rings is 1.